The molecule has 2 aromatic rings. The van der Waals surface area contributed by atoms with E-state index in [1.807, 2.05) is 32.0 Å². The fourth-order valence-electron chi connectivity index (χ4n) is 2.48. The number of halogens is 2. The van der Waals surface area contributed by atoms with Crippen molar-refractivity contribution < 1.29 is 18.4 Å². The number of nitrogens with zero attached hydrogens (tertiary/aromatic N) is 1. The number of carbonyl (C=O) groups excluding carboxylic acids is 2. The third-order valence-corrected chi connectivity index (χ3v) is 3.84. The van der Waals surface area contributed by atoms with Crippen LogP contribution in [-0.2, 0) is 4.79 Å². The first-order chi connectivity index (χ1) is 11.8. The van der Waals surface area contributed by atoms with E-state index in [1.165, 1.54) is 13.0 Å². The minimum atomic E-state index is -1.08. The molecule has 0 spiro atoms. The quantitative estimate of drug-likeness (QED) is 0.902. The minimum Gasteiger partial charge on any atom is -0.350 e. The lowest BCUT2D eigenvalue weighted by atomic mass is 10.1. The van der Waals surface area contributed by atoms with E-state index in [2.05, 4.69) is 5.32 Å². The molecule has 132 valence electrons. The number of hydrogen-bond acceptors (Lipinski definition) is 2. The second-order valence-electron chi connectivity index (χ2n) is 5.85. The van der Waals surface area contributed by atoms with Crippen molar-refractivity contribution in [2.24, 2.45) is 0 Å². The summed E-state index contributed by atoms with van der Waals surface area (Å²) in [5.74, 6) is -2.75. The number of amides is 2. The fourth-order valence-corrected chi connectivity index (χ4v) is 2.48. The summed E-state index contributed by atoms with van der Waals surface area (Å²) in [5, 5.41) is 2.61. The first kappa shape index (κ1) is 18.6. The Hall–Kier alpha value is -2.76. The van der Waals surface area contributed by atoms with E-state index < -0.39 is 17.5 Å². The maximum Gasteiger partial charge on any atom is 0.251 e. The molecule has 0 aliphatic heterocycles. The average Bonchev–Trinajstić information content (AvgIpc) is 2.56. The Labute approximate surface area is 145 Å². The lowest BCUT2D eigenvalue weighted by Gasteiger charge is -2.23. The second kappa shape index (κ2) is 7.88. The van der Waals surface area contributed by atoms with E-state index in [1.54, 1.807) is 4.90 Å². The summed E-state index contributed by atoms with van der Waals surface area (Å²) in [6.45, 7) is 5.76. The van der Waals surface area contributed by atoms with Crippen LogP contribution in [0, 0.1) is 25.5 Å². The summed E-state index contributed by atoms with van der Waals surface area (Å²) in [6.07, 6.45) is 0. The molecule has 0 atom stereocenters. The van der Waals surface area contributed by atoms with Crippen molar-refractivity contribution in [3.8, 4) is 0 Å². The Morgan fingerprint density at radius 1 is 1.04 bits per heavy atom. The highest BCUT2D eigenvalue weighted by atomic mass is 19.2. The molecule has 0 heterocycles. The molecule has 2 amide bonds. The highest BCUT2D eigenvalue weighted by molar-refractivity contribution is 5.95. The van der Waals surface area contributed by atoms with Gasteiger partial charge in [0.15, 0.2) is 11.6 Å². The summed E-state index contributed by atoms with van der Waals surface area (Å²) in [4.78, 5) is 25.5. The molecule has 0 saturated carbocycles. The summed E-state index contributed by atoms with van der Waals surface area (Å²) in [7, 11) is 0. The van der Waals surface area contributed by atoms with Gasteiger partial charge >= 0.3 is 0 Å². The summed E-state index contributed by atoms with van der Waals surface area (Å²) < 4.78 is 26.1. The first-order valence-corrected chi connectivity index (χ1v) is 7.88. The van der Waals surface area contributed by atoms with Gasteiger partial charge in [-0.1, -0.05) is 12.1 Å². The van der Waals surface area contributed by atoms with Crippen molar-refractivity contribution in [3.05, 3.63) is 64.7 Å². The summed E-state index contributed by atoms with van der Waals surface area (Å²) >= 11 is 0. The Bertz CT molecular complexity index is 806. The second-order valence-corrected chi connectivity index (χ2v) is 5.85. The van der Waals surface area contributed by atoms with Crippen LogP contribution in [0.15, 0.2) is 36.4 Å². The maximum absolute atomic E-state index is 13.2. The molecule has 0 unspecified atom stereocenters. The van der Waals surface area contributed by atoms with Gasteiger partial charge in [0.1, 0.15) is 0 Å². The molecule has 2 aromatic carbocycles. The molecular formula is C19H20F2N2O2. The third-order valence-electron chi connectivity index (χ3n) is 3.84. The van der Waals surface area contributed by atoms with Gasteiger partial charge in [0, 0.05) is 31.3 Å². The third kappa shape index (κ3) is 4.62. The van der Waals surface area contributed by atoms with Crippen LogP contribution in [0.5, 0.6) is 0 Å². The lowest BCUT2D eigenvalue weighted by molar-refractivity contribution is -0.116. The molecule has 1 N–H and O–H groups in total. The molecule has 0 fully saturated rings. The molecule has 0 radical (unpaired) electrons. The largest absolute Gasteiger partial charge is 0.350 e. The van der Waals surface area contributed by atoms with Crippen LogP contribution in [0.2, 0.25) is 0 Å². The van der Waals surface area contributed by atoms with E-state index in [0.717, 1.165) is 28.9 Å². The van der Waals surface area contributed by atoms with Crippen molar-refractivity contribution in [1.82, 2.24) is 5.32 Å². The van der Waals surface area contributed by atoms with Crippen LogP contribution in [0.25, 0.3) is 0 Å². The predicted molar refractivity (Wildman–Crippen MR) is 92.6 cm³/mol. The molecule has 0 saturated heterocycles. The molecular weight excluding hydrogens is 326 g/mol. The predicted octanol–water partition coefficient (Wildman–Crippen LogP) is 3.36. The number of aryl methyl sites for hydroxylation is 2. The Balaban J connectivity index is 2.04. The molecule has 2 rings (SSSR count). The Morgan fingerprint density at radius 2 is 1.76 bits per heavy atom. The summed E-state index contributed by atoms with van der Waals surface area (Å²) in [6, 6.07) is 8.76. The molecule has 6 heteroatoms. The zero-order valence-electron chi connectivity index (χ0n) is 14.4. The number of carbonyl (C=O) groups is 2. The van der Waals surface area contributed by atoms with Crippen molar-refractivity contribution in [3.63, 3.8) is 0 Å². The molecule has 0 aromatic heterocycles. The van der Waals surface area contributed by atoms with Crippen LogP contribution in [0.4, 0.5) is 14.5 Å². The maximum atomic E-state index is 13.2. The molecule has 0 bridgehead atoms. The van der Waals surface area contributed by atoms with Gasteiger partial charge in [-0.2, -0.15) is 0 Å². The number of nitrogens with one attached hydrogen (secondary N) is 1. The van der Waals surface area contributed by atoms with Gasteiger partial charge < -0.3 is 10.2 Å². The van der Waals surface area contributed by atoms with E-state index in [0.29, 0.717) is 0 Å². The van der Waals surface area contributed by atoms with Crippen molar-refractivity contribution in [2.75, 3.05) is 18.0 Å². The highest BCUT2D eigenvalue weighted by Crippen LogP contribution is 2.21. The van der Waals surface area contributed by atoms with Crippen molar-refractivity contribution in [2.45, 2.75) is 20.8 Å². The normalized spacial score (nSPS) is 10.4. The topological polar surface area (TPSA) is 49.4 Å². The Morgan fingerprint density at radius 3 is 2.40 bits per heavy atom. The lowest BCUT2D eigenvalue weighted by Crippen LogP contribution is -2.38. The van der Waals surface area contributed by atoms with E-state index in [9.17, 15) is 18.4 Å². The first-order valence-electron chi connectivity index (χ1n) is 7.88. The van der Waals surface area contributed by atoms with Gasteiger partial charge in [-0.25, -0.2) is 8.78 Å². The molecule has 25 heavy (non-hydrogen) atoms. The van der Waals surface area contributed by atoms with Crippen LogP contribution < -0.4 is 10.2 Å². The SMILES string of the molecule is CC(=O)N(CCNC(=O)c1ccc(F)c(F)c1)c1cc(C)ccc1C. The van der Waals surface area contributed by atoms with Crippen LogP contribution >= 0.6 is 0 Å². The van der Waals surface area contributed by atoms with Crippen molar-refractivity contribution >= 4 is 17.5 Å². The zero-order valence-corrected chi connectivity index (χ0v) is 14.4. The number of rotatable bonds is 5. The van der Waals surface area contributed by atoms with Gasteiger partial charge in [-0.3, -0.25) is 9.59 Å². The van der Waals surface area contributed by atoms with Crippen molar-refractivity contribution in [1.29, 1.82) is 0 Å². The van der Waals surface area contributed by atoms with Gasteiger partial charge in [0.25, 0.3) is 5.91 Å². The number of benzene rings is 2. The van der Waals surface area contributed by atoms with E-state index in [-0.39, 0.29) is 24.6 Å². The van der Waals surface area contributed by atoms with Gasteiger partial charge in [-0.15, -0.1) is 0 Å². The number of hydrogen-bond donors (Lipinski definition) is 1. The zero-order chi connectivity index (χ0) is 18.6. The monoisotopic (exact) mass is 346 g/mol. The van der Waals surface area contributed by atoms with Gasteiger partial charge in [-0.05, 0) is 49.2 Å². The highest BCUT2D eigenvalue weighted by Gasteiger charge is 2.15. The fraction of sp³-hybridized carbons (Fsp3) is 0.263. The van der Waals surface area contributed by atoms with Gasteiger partial charge in [0.05, 0.1) is 0 Å². The summed E-state index contributed by atoms with van der Waals surface area (Å²) in [5.41, 5.74) is 2.79. The van der Waals surface area contributed by atoms with Gasteiger partial charge in [0.2, 0.25) is 5.91 Å². The van der Waals surface area contributed by atoms with Crippen LogP contribution in [0.1, 0.15) is 28.4 Å². The molecule has 0 aliphatic carbocycles. The van der Waals surface area contributed by atoms with Crippen LogP contribution in [0.3, 0.4) is 0 Å². The number of anilines is 1. The van der Waals surface area contributed by atoms with Crippen LogP contribution in [-0.4, -0.2) is 24.9 Å². The minimum absolute atomic E-state index is 0.0278. The average molecular weight is 346 g/mol. The Kier molecular flexibility index (Phi) is 5.85. The smallest absolute Gasteiger partial charge is 0.251 e. The van der Waals surface area contributed by atoms with E-state index in [4.69, 9.17) is 0 Å². The molecule has 0 aliphatic rings. The van der Waals surface area contributed by atoms with E-state index >= 15 is 0 Å². The standard InChI is InChI=1S/C19H20F2N2O2/c1-12-4-5-13(2)18(10-12)23(14(3)24)9-8-22-19(25)15-6-7-16(20)17(21)11-15/h4-7,10-11H,8-9H2,1-3H3,(H,22,25). The molecule has 4 nitrogen and oxygen atoms in total.